The van der Waals surface area contributed by atoms with Gasteiger partial charge in [-0.15, -0.1) is 11.3 Å². The van der Waals surface area contributed by atoms with Gasteiger partial charge in [0.25, 0.3) is 0 Å². The Bertz CT molecular complexity index is 2020. The predicted octanol–water partition coefficient (Wildman–Crippen LogP) is 5.44. The molecule has 3 aliphatic rings. The number of anilines is 2. The monoisotopic (exact) mass is 691 g/mol. The third-order valence-corrected chi connectivity index (χ3v) is 11.4. The third-order valence-electron chi connectivity index (χ3n) is 10.3. The fourth-order valence-corrected chi connectivity index (χ4v) is 8.98. The summed E-state index contributed by atoms with van der Waals surface area (Å²) < 4.78 is 57.7. The number of carbonyl (C=O) groups is 1. The number of benzene rings is 2. The molecule has 1 amide bonds. The van der Waals surface area contributed by atoms with Gasteiger partial charge < -0.3 is 25.0 Å². The van der Waals surface area contributed by atoms with E-state index in [9.17, 15) is 18.8 Å². The number of aromatic nitrogens is 2. The first-order valence-corrected chi connectivity index (χ1v) is 17.0. The van der Waals surface area contributed by atoms with Gasteiger partial charge in [-0.25, -0.2) is 13.2 Å². The number of hydrogen-bond acceptors (Lipinski definition) is 10. The molecule has 2 aromatic carbocycles. The molecule has 0 spiro atoms. The smallest absolute Gasteiger partial charge is 0.319 e. The van der Waals surface area contributed by atoms with Gasteiger partial charge >= 0.3 is 6.01 Å². The van der Waals surface area contributed by atoms with Gasteiger partial charge in [-0.3, -0.25) is 9.69 Å². The zero-order valence-corrected chi connectivity index (χ0v) is 28.0. The molecular weight excluding hydrogens is 655 g/mol. The summed E-state index contributed by atoms with van der Waals surface area (Å²) in [6.45, 7) is 5.72. The lowest BCUT2D eigenvalue weighted by Gasteiger charge is -2.34. The van der Waals surface area contributed by atoms with Crippen LogP contribution >= 0.6 is 11.3 Å². The summed E-state index contributed by atoms with van der Waals surface area (Å²) in [5, 5.41) is 10.6. The number of methoxy groups -OCH3 is 1. The van der Waals surface area contributed by atoms with Crippen LogP contribution in [0.1, 0.15) is 31.2 Å². The third kappa shape index (κ3) is 5.53. The van der Waals surface area contributed by atoms with Crippen molar-refractivity contribution in [1.82, 2.24) is 19.8 Å². The Kier molecular flexibility index (Phi) is 8.62. The molecule has 3 aliphatic heterocycles. The Labute approximate surface area is 285 Å². The number of likely N-dealkylation sites (tertiary alicyclic amines) is 1. The quantitative estimate of drug-likeness (QED) is 0.229. The number of amides is 1. The standard InChI is InChI=1S/C35H36F3N7O3S/c1-4-29(46)45-11-8-27(28(45)17-47-3)43(2)33-22-12-25(38)21(20-6-7-24(37)31-30(20)23(15-39)32(40)49-31)13-26(22)41-34(42-33)48-18-35-9-5-10-44(35)16-19(36)14-35/h4,6-7,12-13,19,27-28H,1,5,8-11,14,16-18,40H2,2-3H3/t19-,27+,28+,35+/m1/s1. The molecule has 10 nitrogen and oxygen atoms in total. The normalized spacial score (nSPS) is 23.7. The van der Waals surface area contributed by atoms with Crippen LogP contribution in [0, 0.1) is 23.0 Å². The molecule has 49 heavy (non-hydrogen) atoms. The van der Waals surface area contributed by atoms with E-state index in [1.807, 2.05) is 18.0 Å². The van der Waals surface area contributed by atoms with Crippen molar-refractivity contribution in [3.05, 3.63) is 54.1 Å². The van der Waals surface area contributed by atoms with E-state index in [2.05, 4.69) is 11.5 Å². The summed E-state index contributed by atoms with van der Waals surface area (Å²) in [5.74, 6) is -1.04. The molecule has 3 fully saturated rings. The number of rotatable bonds is 9. The van der Waals surface area contributed by atoms with Crippen LogP contribution in [0.4, 0.5) is 24.0 Å². The zero-order chi connectivity index (χ0) is 34.6. The summed E-state index contributed by atoms with van der Waals surface area (Å²) in [6.07, 6.45) is 3.03. The SMILES string of the molecule is C=CC(=O)N1CC[C@H](N(C)c2nc(OC[C@@]34CCCN3C[C@H](F)C4)nc3cc(-c4ccc(F)c5sc(N)c(C#N)c45)c(F)cc23)[C@@H]1COC. The lowest BCUT2D eigenvalue weighted by molar-refractivity contribution is -0.127. The molecule has 5 heterocycles. The molecule has 0 unspecified atom stereocenters. The summed E-state index contributed by atoms with van der Waals surface area (Å²) >= 11 is 0.935. The van der Waals surface area contributed by atoms with E-state index in [4.69, 9.17) is 25.2 Å². The molecule has 4 aromatic rings. The number of nitrogen functional groups attached to an aromatic ring is 1. The maximum atomic E-state index is 16.3. The number of nitriles is 1. The largest absolute Gasteiger partial charge is 0.461 e. The second-order valence-corrected chi connectivity index (χ2v) is 14.1. The van der Waals surface area contributed by atoms with Gasteiger partial charge in [0.15, 0.2) is 0 Å². The minimum absolute atomic E-state index is 0.0394. The number of fused-ring (bicyclic) bond motifs is 3. The van der Waals surface area contributed by atoms with E-state index < -0.39 is 23.3 Å². The van der Waals surface area contributed by atoms with E-state index in [1.54, 1.807) is 18.1 Å². The maximum Gasteiger partial charge on any atom is 0.319 e. The number of nitrogens with two attached hydrogens (primary N) is 1. The van der Waals surface area contributed by atoms with Crippen molar-refractivity contribution in [3.63, 3.8) is 0 Å². The number of halogens is 3. The second kappa shape index (κ2) is 12.8. The van der Waals surface area contributed by atoms with E-state index in [0.29, 0.717) is 48.2 Å². The molecule has 0 radical (unpaired) electrons. The van der Waals surface area contributed by atoms with Crippen molar-refractivity contribution in [2.75, 3.05) is 57.6 Å². The summed E-state index contributed by atoms with van der Waals surface area (Å²) in [4.78, 5) is 28.0. The Hall–Kier alpha value is -4.45. The van der Waals surface area contributed by atoms with Crippen LogP contribution in [-0.4, -0.2) is 96.5 Å². The number of thiophene rings is 1. The van der Waals surface area contributed by atoms with Crippen molar-refractivity contribution in [1.29, 1.82) is 5.26 Å². The highest BCUT2D eigenvalue weighted by Crippen LogP contribution is 2.44. The van der Waals surface area contributed by atoms with E-state index in [0.717, 1.165) is 30.7 Å². The molecular formula is C35H36F3N7O3S. The first kappa shape index (κ1) is 33.1. The molecule has 2 aromatic heterocycles. The van der Waals surface area contributed by atoms with Gasteiger partial charge in [-0.1, -0.05) is 12.6 Å². The molecule has 2 N–H and O–H groups in total. The Balaban J connectivity index is 1.36. The first-order chi connectivity index (χ1) is 23.6. The minimum atomic E-state index is -0.938. The van der Waals surface area contributed by atoms with Crippen LogP contribution in [0.3, 0.4) is 0 Å². The highest BCUT2D eigenvalue weighted by Gasteiger charge is 2.49. The molecule has 14 heteroatoms. The molecule has 0 saturated carbocycles. The number of ether oxygens (including phenoxy) is 2. The number of carbonyl (C=O) groups excluding carboxylic acids is 1. The molecule has 0 bridgehead atoms. The van der Waals surface area contributed by atoms with Crippen molar-refractivity contribution in [2.45, 2.75) is 49.5 Å². The highest BCUT2D eigenvalue weighted by molar-refractivity contribution is 7.23. The van der Waals surface area contributed by atoms with E-state index >= 15 is 4.39 Å². The topological polar surface area (TPSA) is 121 Å². The maximum absolute atomic E-state index is 16.3. The number of alkyl halides is 1. The summed E-state index contributed by atoms with van der Waals surface area (Å²) in [5.41, 5.74) is 6.43. The summed E-state index contributed by atoms with van der Waals surface area (Å²) in [6, 6.07) is 7.01. The first-order valence-electron chi connectivity index (χ1n) is 16.2. The Morgan fingerprint density at radius 1 is 1.27 bits per heavy atom. The average molecular weight is 692 g/mol. The highest BCUT2D eigenvalue weighted by atomic mass is 32.1. The fourth-order valence-electron chi connectivity index (χ4n) is 8.03. The number of nitrogens with zero attached hydrogens (tertiary/aromatic N) is 6. The van der Waals surface area contributed by atoms with Crippen molar-refractivity contribution >= 4 is 49.1 Å². The molecule has 3 saturated heterocycles. The summed E-state index contributed by atoms with van der Waals surface area (Å²) in [7, 11) is 3.39. The van der Waals surface area contributed by atoms with Gasteiger partial charge in [0.2, 0.25) is 5.91 Å². The van der Waals surface area contributed by atoms with Gasteiger partial charge in [0.1, 0.15) is 41.3 Å². The zero-order valence-electron chi connectivity index (χ0n) is 27.2. The van der Waals surface area contributed by atoms with E-state index in [-0.39, 0.29) is 63.4 Å². The van der Waals surface area contributed by atoms with Crippen LogP contribution in [0.2, 0.25) is 0 Å². The predicted molar refractivity (Wildman–Crippen MR) is 182 cm³/mol. The van der Waals surface area contributed by atoms with Gasteiger partial charge in [-0.05, 0) is 55.6 Å². The minimum Gasteiger partial charge on any atom is -0.461 e. The molecule has 256 valence electrons. The van der Waals surface area contributed by atoms with Crippen LogP contribution < -0.4 is 15.4 Å². The molecule has 0 aliphatic carbocycles. The number of likely N-dealkylation sites (N-methyl/N-ethyl adjacent to an activating group) is 1. The van der Waals surface area contributed by atoms with Crippen LogP contribution in [0.25, 0.3) is 32.1 Å². The van der Waals surface area contributed by atoms with Gasteiger partial charge in [-0.2, -0.15) is 15.2 Å². The van der Waals surface area contributed by atoms with Gasteiger partial charge in [0, 0.05) is 50.0 Å². The van der Waals surface area contributed by atoms with Crippen molar-refractivity contribution < 1.29 is 27.4 Å². The van der Waals surface area contributed by atoms with Gasteiger partial charge in [0.05, 0.1) is 40.0 Å². The molecule has 7 rings (SSSR count). The second-order valence-electron chi connectivity index (χ2n) is 13.0. The lowest BCUT2D eigenvalue weighted by Crippen LogP contribution is -2.48. The fraction of sp³-hybridized carbons (Fsp3) is 0.429. The average Bonchev–Trinajstić information content (AvgIpc) is 3.84. The lowest BCUT2D eigenvalue weighted by atomic mass is 9.95. The van der Waals surface area contributed by atoms with Crippen LogP contribution in [-0.2, 0) is 9.53 Å². The van der Waals surface area contributed by atoms with Crippen molar-refractivity contribution in [2.24, 2.45) is 0 Å². The van der Waals surface area contributed by atoms with Crippen molar-refractivity contribution in [3.8, 4) is 23.2 Å². The van der Waals surface area contributed by atoms with E-state index in [1.165, 1.54) is 24.3 Å². The van der Waals surface area contributed by atoms with Crippen LogP contribution in [0.5, 0.6) is 6.01 Å². The Morgan fingerprint density at radius 3 is 2.84 bits per heavy atom. The van der Waals surface area contributed by atoms with Crippen LogP contribution in [0.15, 0.2) is 36.9 Å². The number of hydrogen-bond donors (Lipinski definition) is 1. The Morgan fingerprint density at radius 2 is 2.08 bits per heavy atom. The molecule has 4 atom stereocenters.